The van der Waals surface area contributed by atoms with Crippen LogP contribution < -0.4 is 15.8 Å². The van der Waals surface area contributed by atoms with E-state index in [1.165, 1.54) is 0 Å². The molecule has 1 heterocycles. The van der Waals surface area contributed by atoms with Crippen LogP contribution in [0.25, 0.3) is 0 Å². The summed E-state index contributed by atoms with van der Waals surface area (Å²) in [6, 6.07) is 10.4. The molecule has 0 aliphatic carbocycles. The summed E-state index contributed by atoms with van der Waals surface area (Å²) in [6.07, 6.45) is 0. The average molecular weight is 241 g/mol. The highest BCUT2D eigenvalue weighted by Crippen LogP contribution is 2.22. The van der Waals surface area contributed by atoms with Crippen LogP contribution in [-0.4, -0.2) is 17.0 Å². The van der Waals surface area contributed by atoms with Crippen LogP contribution in [0.2, 0.25) is 0 Å². The molecule has 0 unspecified atom stereocenters. The zero-order valence-corrected chi connectivity index (χ0v) is 9.71. The second kappa shape index (κ2) is 5.01. The third kappa shape index (κ3) is 2.65. The predicted octanol–water partition coefficient (Wildman–Crippen LogP) is 1.76. The molecule has 90 valence electrons. The van der Waals surface area contributed by atoms with Gasteiger partial charge in [0.1, 0.15) is 11.6 Å². The summed E-state index contributed by atoms with van der Waals surface area (Å²) < 4.78 is 5.52. The molecule has 18 heavy (non-hydrogen) atoms. The lowest BCUT2D eigenvalue weighted by atomic mass is 10.2. The Hall–Kier alpha value is -2.81. The Morgan fingerprint density at radius 2 is 2.00 bits per heavy atom. The van der Waals surface area contributed by atoms with Gasteiger partial charge in [-0.15, -0.1) is 0 Å². The molecular formula is C12H11N5O. The van der Waals surface area contributed by atoms with Crippen LogP contribution in [0.1, 0.15) is 5.56 Å². The van der Waals surface area contributed by atoms with Crippen LogP contribution in [0.3, 0.4) is 0 Å². The second-order valence-electron chi connectivity index (χ2n) is 3.44. The molecule has 0 aliphatic heterocycles. The fourth-order valence-electron chi connectivity index (χ4n) is 1.34. The van der Waals surface area contributed by atoms with Crippen LogP contribution in [0, 0.1) is 11.3 Å². The van der Waals surface area contributed by atoms with Gasteiger partial charge in [-0.1, -0.05) is 0 Å². The minimum Gasteiger partial charge on any atom is -0.439 e. The molecule has 0 saturated heterocycles. The number of nitrogens with zero attached hydrogens (tertiary/aromatic N) is 3. The van der Waals surface area contributed by atoms with Gasteiger partial charge in [0.15, 0.2) is 0 Å². The number of nitrogens with one attached hydrogen (secondary N) is 1. The van der Waals surface area contributed by atoms with Gasteiger partial charge in [-0.3, -0.25) is 0 Å². The summed E-state index contributed by atoms with van der Waals surface area (Å²) in [4.78, 5) is 7.91. The highest BCUT2D eigenvalue weighted by molar-refractivity contribution is 5.44. The number of anilines is 2. The number of nitrogens with two attached hydrogens (primary N) is 1. The summed E-state index contributed by atoms with van der Waals surface area (Å²) in [5, 5.41) is 11.5. The first kappa shape index (κ1) is 11.7. The standard InChI is InChI=1S/C12H11N5O/c1-15-10-6-11(17-12(14)16-10)18-9-4-2-8(7-13)3-5-9/h2-6H,1H3,(H3,14,15,16,17). The lowest BCUT2D eigenvalue weighted by Crippen LogP contribution is -2.01. The molecule has 3 N–H and O–H groups in total. The number of hydrogen-bond donors (Lipinski definition) is 2. The maximum atomic E-state index is 8.69. The quantitative estimate of drug-likeness (QED) is 0.849. The van der Waals surface area contributed by atoms with Gasteiger partial charge in [0, 0.05) is 13.1 Å². The zero-order chi connectivity index (χ0) is 13.0. The minimum atomic E-state index is 0.130. The Morgan fingerprint density at radius 3 is 2.61 bits per heavy atom. The molecule has 0 aliphatic rings. The van der Waals surface area contributed by atoms with Crippen molar-refractivity contribution in [2.45, 2.75) is 0 Å². The molecule has 0 bridgehead atoms. The van der Waals surface area contributed by atoms with E-state index in [4.69, 9.17) is 15.7 Å². The van der Waals surface area contributed by atoms with Gasteiger partial charge in [-0.25, -0.2) is 0 Å². The second-order valence-corrected chi connectivity index (χ2v) is 3.44. The first-order chi connectivity index (χ1) is 8.71. The third-order valence-electron chi connectivity index (χ3n) is 2.18. The van der Waals surface area contributed by atoms with Gasteiger partial charge in [-0.05, 0) is 24.3 Å². The Bertz CT molecular complexity index is 588. The predicted molar refractivity (Wildman–Crippen MR) is 67.2 cm³/mol. The van der Waals surface area contributed by atoms with E-state index in [2.05, 4.69) is 15.3 Å². The van der Waals surface area contributed by atoms with E-state index in [-0.39, 0.29) is 5.95 Å². The minimum absolute atomic E-state index is 0.130. The van der Waals surface area contributed by atoms with Gasteiger partial charge in [-0.2, -0.15) is 15.2 Å². The molecule has 2 aromatic rings. The SMILES string of the molecule is CNc1cc(Oc2ccc(C#N)cc2)nc(N)n1. The van der Waals surface area contributed by atoms with Crippen LogP contribution in [0.5, 0.6) is 11.6 Å². The summed E-state index contributed by atoms with van der Waals surface area (Å²) in [7, 11) is 1.73. The summed E-state index contributed by atoms with van der Waals surface area (Å²) in [6.45, 7) is 0. The molecule has 0 fully saturated rings. The monoisotopic (exact) mass is 241 g/mol. The maximum Gasteiger partial charge on any atom is 0.226 e. The van der Waals surface area contributed by atoms with E-state index in [0.29, 0.717) is 23.0 Å². The molecule has 2 rings (SSSR count). The average Bonchev–Trinajstić information content (AvgIpc) is 2.39. The first-order valence-electron chi connectivity index (χ1n) is 5.21. The first-order valence-corrected chi connectivity index (χ1v) is 5.21. The fraction of sp³-hybridized carbons (Fsp3) is 0.0833. The molecule has 6 heteroatoms. The van der Waals surface area contributed by atoms with Gasteiger partial charge in [0.2, 0.25) is 11.8 Å². The van der Waals surface area contributed by atoms with E-state index in [1.54, 1.807) is 37.4 Å². The van der Waals surface area contributed by atoms with Crippen molar-refractivity contribution in [2.24, 2.45) is 0 Å². The van der Waals surface area contributed by atoms with E-state index >= 15 is 0 Å². The largest absolute Gasteiger partial charge is 0.439 e. The molecule has 0 amide bonds. The van der Waals surface area contributed by atoms with Crippen molar-refractivity contribution in [1.82, 2.24) is 9.97 Å². The topological polar surface area (TPSA) is 96.8 Å². The normalized spacial score (nSPS) is 9.56. The number of benzene rings is 1. The van der Waals surface area contributed by atoms with Crippen LogP contribution in [-0.2, 0) is 0 Å². The van der Waals surface area contributed by atoms with Crippen molar-refractivity contribution in [3.63, 3.8) is 0 Å². The van der Waals surface area contributed by atoms with Crippen molar-refractivity contribution in [3.8, 4) is 17.7 Å². The van der Waals surface area contributed by atoms with Gasteiger partial charge < -0.3 is 15.8 Å². The van der Waals surface area contributed by atoms with Crippen molar-refractivity contribution in [3.05, 3.63) is 35.9 Å². The Labute approximate surface area is 104 Å². The molecule has 0 saturated carbocycles. The van der Waals surface area contributed by atoms with Crippen LogP contribution >= 0.6 is 0 Å². The Morgan fingerprint density at radius 1 is 1.28 bits per heavy atom. The number of nitrogen functional groups attached to an aromatic ring is 1. The van der Waals surface area contributed by atoms with E-state index in [1.807, 2.05) is 6.07 Å². The van der Waals surface area contributed by atoms with Gasteiger partial charge >= 0.3 is 0 Å². The molecule has 1 aromatic heterocycles. The Kier molecular flexibility index (Phi) is 3.25. The lowest BCUT2D eigenvalue weighted by Gasteiger charge is -2.07. The fourth-order valence-corrected chi connectivity index (χ4v) is 1.34. The number of nitriles is 1. The van der Waals surface area contributed by atoms with Crippen molar-refractivity contribution in [1.29, 1.82) is 5.26 Å². The molecule has 1 aromatic carbocycles. The number of hydrogen-bond acceptors (Lipinski definition) is 6. The van der Waals surface area contributed by atoms with E-state index in [9.17, 15) is 0 Å². The van der Waals surface area contributed by atoms with Crippen molar-refractivity contribution in [2.75, 3.05) is 18.1 Å². The molecular weight excluding hydrogens is 230 g/mol. The highest BCUT2D eigenvalue weighted by Gasteiger charge is 2.03. The summed E-state index contributed by atoms with van der Waals surface area (Å²) in [5.41, 5.74) is 6.12. The van der Waals surface area contributed by atoms with Crippen LogP contribution in [0.15, 0.2) is 30.3 Å². The van der Waals surface area contributed by atoms with E-state index in [0.717, 1.165) is 0 Å². The van der Waals surface area contributed by atoms with Gasteiger partial charge in [0.05, 0.1) is 11.6 Å². The van der Waals surface area contributed by atoms with E-state index < -0.39 is 0 Å². The zero-order valence-electron chi connectivity index (χ0n) is 9.71. The molecule has 0 spiro atoms. The van der Waals surface area contributed by atoms with Gasteiger partial charge in [0.25, 0.3) is 0 Å². The highest BCUT2D eigenvalue weighted by atomic mass is 16.5. The van der Waals surface area contributed by atoms with Crippen molar-refractivity contribution >= 4 is 11.8 Å². The summed E-state index contributed by atoms with van der Waals surface area (Å²) >= 11 is 0. The smallest absolute Gasteiger partial charge is 0.226 e. The van der Waals surface area contributed by atoms with Crippen LogP contribution in [0.4, 0.5) is 11.8 Å². The molecule has 0 atom stereocenters. The Balaban J connectivity index is 2.22. The summed E-state index contributed by atoms with van der Waals surface area (Å²) in [5.74, 6) is 1.63. The van der Waals surface area contributed by atoms with Crippen molar-refractivity contribution < 1.29 is 4.74 Å². The molecule has 6 nitrogen and oxygen atoms in total. The lowest BCUT2D eigenvalue weighted by molar-refractivity contribution is 0.463. The maximum absolute atomic E-state index is 8.69. The number of aromatic nitrogens is 2. The third-order valence-corrected chi connectivity index (χ3v) is 2.18. The number of ether oxygens (including phenoxy) is 1. The molecule has 0 radical (unpaired) electrons. The number of rotatable bonds is 3.